The summed E-state index contributed by atoms with van der Waals surface area (Å²) in [5.41, 5.74) is 1.19. The van der Waals surface area contributed by atoms with Crippen LogP contribution in [0.15, 0.2) is 11.3 Å². The molecule has 0 amide bonds. The van der Waals surface area contributed by atoms with E-state index in [-0.39, 0.29) is 0 Å². The molecule has 1 heteroatoms. The SMILES string of the molecule is CC1=C(O)C(C)CC(C)C1. The Bertz CT molecular complexity index is 158. The Hall–Kier alpha value is -0.460. The van der Waals surface area contributed by atoms with E-state index in [1.807, 2.05) is 6.92 Å². The van der Waals surface area contributed by atoms with E-state index in [9.17, 15) is 5.11 Å². The van der Waals surface area contributed by atoms with Crippen LogP contribution in [0.3, 0.4) is 0 Å². The van der Waals surface area contributed by atoms with Crippen LogP contribution in [0.25, 0.3) is 0 Å². The van der Waals surface area contributed by atoms with Gasteiger partial charge in [-0.05, 0) is 31.3 Å². The van der Waals surface area contributed by atoms with Crippen molar-refractivity contribution >= 4 is 0 Å². The summed E-state index contributed by atoms with van der Waals surface area (Å²) in [6.07, 6.45) is 2.22. The molecule has 1 nitrogen and oxygen atoms in total. The van der Waals surface area contributed by atoms with Gasteiger partial charge in [0.2, 0.25) is 0 Å². The van der Waals surface area contributed by atoms with Crippen LogP contribution < -0.4 is 0 Å². The molecule has 1 rings (SSSR count). The molecule has 0 aliphatic heterocycles. The molecular formula is C9H16O. The molecule has 0 spiro atoms. The third kappa shape index (κ3) is 1.34. The molecule has 2 atom stereocenters. The van der Waals surface area contributed by atoms with Crippen LogP contribution >= 0.6 is 0 Å². The molecule has 1 aliphatic carbocycles. The van der Waals surface area contributed by atoms with E-state index in [0.29, 0.717) is 11.7 Å². The molecule has 1 N–H and O–H groups in total. The van der Waals surface area contributed by atoms with Crippen LogP contribution in [0.5, 0.6) is 0 Å². The number of allylic oxidation sites excluding steroid dienone is 2. The quantitative estimate of drug-likeness (QED) is 0.548. The number of hydrogen-bond acceptors (Lipinski definition) is 1. The van der Waals surface area contributed by atoms with Crippen molar-refractivity contribution in [3.05, 3.63) is 11.3 Å². The Balaban J connectivity index is 2.74. The van der Waals surface area contributed by atoms with Crippen molar-refractivity contribution in [3.8, 4) is 0 Å². The van der Waals surface area contributed by atoms with E-state index in [2.05, 4.69) is 13.8 Å². The minimum atomic E-state index is 0.392. The molecule has 58 valence electrons. The largest absolute Gasteiger partial charge is 0.512 e. The Labute approximate surface area is 62.8 Å². The van der Waals surface area contributed by atoms with Gasteiger partial charge in [0, 0.05) is 5.92 Å². The first-order chi connectivity index (χ1) is 4.61. The Morgan fingerprint density at radius 3 is 2.50 bits per heavy atom. The average molecular weight is 140 g/mol. The van der Waals surface area contributed by atoms with Gasteiger partial charge in [0.25, 0.3) is 0 Å². The van der Waals surface area contributed by atoms with Crippen molar-refractivity contribution in [2.45, 2.75) is 33.6 Å². The lowest BCUT2D eigenvalue weighted by Gasteiger charge is -2.24. The van der Waals surface area contributed by atoms with Crippen LogP contribution in [0.1, 0.15) is 33.6 Å². The van der Waals surface area contributed by atoms with Crippen molar-refractivity contribution < 1.29 is 5.11 Å². The first-order valence-electron chi connectivity index (χ1n) is 4.00. The normalized spacial score (nSPS) is 34.7. The second-order valence-electron chi connectivity index (χ2n) is 3.61. The highest BCUT2D eigenvalue weighted by Gasteiger charge is 2.20. The zero-order valence-corrected chi connectivity index (χ0v) is 7.02. The minimum Gasteiger partial charge on any atom is -0.512 e. The summed E-state index contributed by atoms with van der Waals surface area (Å²) in [5, 5.41) is 9.44. The zero-order chi connectivity index (χ0) is 7.72. The van der Waals surface area contributed by atoms with E-state index >= 15 is 0 Å². The van der Waals surface area contributed by atoms with Crippen LogP contribution in [0, 0.1) is 11.8 Å². The Morgan fingerprint density at radius 2 is 2.00 bits per heavy atom. The fourth-order valence-electron chi connectivity index (χ4n) is 1.85. The van der Waals surface area contributed by atoms with Gasteiger partial charge in [0.15, 0.2) is 0 Å². The lowest BCUT2D eigenvalue weighted by molar-refractivity contribution is 0.273. The summed E-state index contributed by atoms with van der Waals surface area (Å²) in [6.45, 7) is 6.36. The molecule has 10 heavy (non-hydrogen) atoms. The fraction of sp³-hybridized carbons (Fsp3) is 0.778. The van der Waals surface area contributed by atoms with E-state index in [0.717, 1.165) is 18.8 Å². The second kappa shape index (κ2) is 2.65. The van der Waals surface area contributed by atoms with Crippen LogP contribution in [-0.2, 0) is 0 Å². The van der Waals surface area contributed by atoms with Crippen molar-refractivity contribution in [3.63, 3.8) is 0 Å². The maximum absolute atomic E-state index is 9.44. The monoisotopic (exact) mass is 140 g/mol. The number of rotatable bonds is 0. The maximum Gasteiger partial charge on any atom is 0.0940 e. The van der Waals surface area contributed by atoms with E-state index in [1.54, 1.807) is 0 Å². The lowest BCUT2D eigenvalue weighted by atomic mass is 9.83. The fourth-order valence-corrected chi connectivity index (χ4v) is 1.85. The highest BCUT2D eigenvalue weighted by atomic mass is 16.3. The number of hydrogen-bond donors (Lipinski definition) is 1. The third-order valence-electron chi connectivity index (χ3n) is 2.31. The molecule has 2 unspecified atom stereocenters. The molecule has 0 aromatic rings. The molecule has 1 aliphatic rings. The summed E-state index contributed by atoms with van der Waals surface area (Å²) >= 11 is 0. The van der Waals surface area contributed by atoms with Gasteiger partial charge in [-0.3, -0.25) is 0 Å². The van der Waals surface area contributed by atoms with E-state index in [4.69, 9.17) is 0 Å². The third-order valence-corrected chi connectivity index (χ3v) is 2.31. The van der Waals surface area contributed by atoms with Crippen molar-refractivity contribution in [1.82, 2.24) is 0 Å². The van der Waals surface area contributed by atoms with E-state index < -0.39 is 0 Å². The molecule has 0 saturated carbocycles. The van der Waals surface area contributed by atoms with E-state index in [1.165, 1.54) is 5.57 Å². The summed E-state index contributed by atoms with van der Waals surface area (Å²) in [5.74, 6) is 1.78. The van der Waals surface area contributed by atoms with Gasteiger partial charge < -0.3 is 5.11 Å². The molecule has 0 saturated heterocycles. The van der Waals surface area contributed by atoms with Crippen LogP contribution in [0.2, 0.25) is 0 Å². The van der Waals surface area contributed by atoms with Crippen LogP contribution in [-0.4, -0.2) is 5.11 Å². The summed E-state index contributed by atoms with van der Waals surface area (Å²) in [4.78, 5) is 0. The first kappa shape index (κ1) is 7.64. The summed E-state index contributed by atoms with van der Waals surface area (Å²) in [6, 6.07) is 0. The van der Waals surface area contributed by atoms with Gasteiger partial charge in [0.1, 0.15) is 0 Å². The lowest BCUT2D eigenvalue weighted by Crippen LogP contribution is -2.14. The zero-order valence-electron chi connectivity index (χ0n) is 7.02. The molecule has 0 bridgehead atoms. The summed E-state index contributed by atoms with van der Waals surface area (Å²) < 4.78 is 0. The maximum atomic E-state index is 9.44. The summed E-state index contributed by atoms with van der Waals surface area (Å²) in [7, 11) is 0. The number of aliphatic hydroxyl groups is 1. The van der Waals surface area contributed by atoms with Gasteiger partial charge in [0.05, 0.1) is 5.76 Å². The number of aliphatic hydroxyl groups excluding tert-OH is 1. The Morgan fingerprint density at radius 1 is 1.40 bits per heavy atom. The van der Waals surface area contributed by atoms with Gasteiger partial charge >= 0.3 is 0 Å². The first-order valence-corrected chi connectivity index (χ1v) is 4.00. The van der Waals surface area contributed by atoms with Gasteiger partial charge in [-0.15, -0.1) is 0 Å². The average Bonchev–Trinajstić information content (AvgIpc) is 1.82. The highest BCUT2D eigenvalue weighted by Crippen LogP contribution is 2.31. The van der Waals surface area contributed by atoms with Crippen molar-refractivity contribution in [2.24, 2.45) is 11.8 Å². The molecule has 0 aromatic carbocycles. The van der Waals surface area contributed by atoms with Gasteiger partial charge in [-0.1, -0.05) is 13.8 Å². The minimum absolute atomic E-state index is 0.392. The topological polar surface area (TPSA) is 20.2 Å². The molecule has 0 heterocycles. The van der Waals surface area contributed by atoms with Crippen LogP contribution in [0.4, 0.5) is 0 Å². The molecule has 0 radical (unpaired) electrons. The second-order valence-corrected chi connectivity index (χ2v) is 3.61. The van der Waals surface area contributed by atoms with Gasteiger partial charge in [-0.25, -0.2) is 0 Å². The molecular weight excluding hydrogens is 124 g/mol. The predicted octanol–water partition coefficient (Wildman–Crippen LogP) is 2.88. The van der Waals surface area contributed by atoms with Crippen molar-refractivity contribution in [1.29, 1.82) is 0 Å². The predicted molar refractivity (Wildman–Crippen MR) is 42.9 cm³/mol. The van der Waals surface area contributed by atoms with Crippen molar-refractivity contribution in [2.75, 3.05) is 0 Å². The highest BCUT2D eigenvalue weighted by molar-refractivity contribution is 5.11. The molecule has 0 aromatic heterocycles. The molecule has 0 fully saturated rings. The Kier molecular flexibility index (Phi) is 2.02. The smallest absolute Gasteiger partial charge is 0.0940 e. The van der Waals surface area contributed by atoms with Gasteiger partial charge in [-0.2, -0.15) is 0 Å². The standard InChI is InChI=1S/C9H16O/c1-6-4-7(2)9(10)8(3)5-6/h6-7,10H,4-5H2,1-3H3.